The smallest absolute Gasteiger partial charge is 0.303 e. The number of esters is 3. The lowest BCUT2D eigenvalue weighted by atomic mass is 9.44. The van der Waals surface area contributed by atoms with Gasteiger partial charge in [-0.15, -0.1) is 0 Å². The standard InChI is InChI=1S/C27H42O6/c1-16(31-17(2)28)27(33-19(4)30)14-11-24-22-8-7-20-15-21(32-18(3)29)9-12-25(20,5)23(22)10-13-26(24,27)6/h16,20-24H,7-15H2,1-6H3/t16?,20-,21?,22?,23?,24?,25?,26?,27-/m1/s1. The molecule has 0 radical (unpaired) electrons. The summed E-state index contributed by atoms with van der Waals surface area (Å²) in [6.45, 7) is 11.1. The summed E-state index contributed by atoms with van der Waals surface area (Å²) < 4.78 is 17.4. The first kappa shape index (κ1) is 24.5. The predicted octanol–water partition coefficient (Wildman–Crippen LogP) is 5.21. The summed E-state index contributed by atoms with van der Waals surface area (Å²) in [5.74, 6) is 1.51. The maximum atomic E-state index is 12.2. The van der Waals surface area contributed by atoms with Crippen LogP contribution in [0.4, 0.5) is 0 Å². The lowest BCUT2D eigenvalue weighted by Crippen LogP contribution is -2.61. The second-order valence-corrected chi connectivity index (χ2v) is 11.9. The zero-order valence-electron chi connectivity index (χ0n) is 21.3. The quantitative estimate of drug-likeness (QED) is 0.421. The number of rotatable bonds is 4. The zero-order chi connectivity index (χ0) is 24.2. The minimum Gasteiger partial charge on any atom is -0.463 e. The Hall–Kier alpha value is -1.59. The maximum Gasteiger partial charge on any atom is 0.303 e. The summed E-state index contributed by atoms with van der Waals surface area (Å²) in [5.41, 5.74) is -0.688. The van der Waals surface area contributed by atoms with E-state index in [2.05, 4.69) is 13.8 Å². The third kappa shape index (κ3) is 3.89. The van der Waals surface area contributed by atoms with Crippen LogP contribution < -0.4 is 0 Å². The molecule has 0 aromatic carbocycles. The Morgan fingerprint density at radius 2 is 1.52 bits per heavy atom. The Labute approximate surface area is 198 Å². The molecule has 0 amide bonds. The first-order valence-electron chi connectivity index (χ1n) is 13.0. The van der Waals surface area contributed by atoms with Crippen molar-refractivity contribution >= 4 is 17.9 Å². The van der Waals surface area contributed by atoms with Gasteiger partial charge in [0.15, 0.2) is 5.60 Å². The molecule has 4 rings (SSSR count). The molecule has 7 unspecified atom stereocenters. The van der Waals surface area contributed by atoms with Crippen LogP contribution in [0.3, 0.4) is 0 Å². The number of fused-ring (bicyclic) bond motifs is 5. The van der Waals surface area contributed by atoms with E-state index in [0.29, 0.717) is 23.7 Å². The molecule has 4 aliphatic carbocycles. The molecule has 0 aromatic heterocycles. The van der Waals surface area contributed by atoms with Gasteiger partial charge in [0.2, 0.25) is 0 Å². The van der Waals surface area contributed by atoms with E-state index >= 15 is 0 Å². The van der Waals surface area contributed by atoms with Crippen molar-refractivity contribution in [2.24, 2.45) is 34.5 Å². The predicted molar refractivity (Wildman–Crippen MR) is 123 cm³/mol. The summed E-state index contributed by atoms with van der Waals surface area (Å²) in [5, 5.41) is 0. The minimum atomic E-state index is -0.759. The highest BCUT2D eigenvalue weighted by Gasteiger charge is 2.68. The lowest BCUT2D eigenvalue weighted by Gasteiger charge is -2.62. The van der Waals surface area contributed by atoms with Crippen molar-refractivity contribution in [2.75, 3.05) is 0 Å². The van der Waals surface area contributed by atoms with Crippen LogP contribution in [0.2, 0.25) is 0 Å². The van der Waals surface area contributed by atoms with Crippen LogP contribution in [0.25, 0.3) is 0 Å². The van der Waals surface area contributed by atoms with Crippen molar-refractivity contribution in [2.45, 2.75) is 117 Å². The summed E-state index contributed by atoms with van der Waals surface area (Å²) in [7, 11) is 0. The molecule has 6 heteroatoms. The molecular weight excluding hydrogens is 420 g/mol. The Balaban J connectivity index is 1.59. The molecule has 4 saturated carbocycles. The van der Waals surface area contributed by atoms with E-state index in [-0.39, 0.29) is 34.8 Å². The van der Waals surface area contributed by atoms with Crippen LogP contribution in [0.1, 0.15) is 99.3 Å². The monoisotopic (exact) mass is 462 g/mol. The molecule has 0 saturated heterocycles. The van der Waals surface area contributed by atoms with Gasteiger partial charge in [-0.25, -0.2) is 0 Å². The third-order valence-electron chi connectivity index (χ3n) is 10.5. The van der Waals surface area contributed by atoms with Crippen molar-refractivity contribution < 1.29 is 28.6 Å². The molecule has 0 spiro atoms. The summed E-state index contributed by atoms with van der Waals surface area (Å²) in [4.78, 5) is 35.6. The van der Waals surface area contributed by atoms with E-state index in [1.165, 1.54) is 33.6 Å². The first-order valence-corrected chi connectivity index (χ1v) is 13.0. The van der Waals surface area contributed by atoms with Gasteiger partial charge in [0.05, 0.1) is 0 Å². The summed E-state index contributed by atoms with van der Waals surface area (Å²) >= 11 is 0. The molecule has 0 aromatic rings. The fraction of sp³-hybridized carbons (Fsp3) is 0.889. The van der Waals surface area contributed by atoms with Crippen LogP contribution in [-0.2, 0) is 28.6 Å². The van der Waals surface area contributed by atoms with Crippen molar-refractivity contribution in [3.63, 3.8) is 0 Å². The minimum absolute atomic E-state index is 0.0682. The molecule has 6 nitrogen and oxygen atoms in total. The Kier molecular flexibility index (Phi) is 6.37. The molecule has 4 aliphatic rings. The Bertz CT molecular complexity index is 808. The van der Waals surface area contributed by atoms with Gasteiger partial charge in [-0.1, -0.05) is 13.8 Å². The van der Waals surface area contributed by atoms with Gasteiger partial charge in [0.25, 0.3) is 0 Å². The number of carbonyl (C=O) groups excluding carboxylic acids is 3. The van der Waals surface area contributed by atoms with Gasteiger partial charge in [-0.05, 0) is 93.8 Å². The van der Waals surface area contributed by atoms with Crippen molar-refractivity contribution in [1.82, 2.24) is 0 Å². The normalized spacial score (nSPS) is 45.1. The number of hydrogen-bond acceptors (Lipinski definition) is 6. The average Bonchev–Trinajstić information content (AvgIpc) is 3.00. The fourth-order valence-electron chi connectivity index (χ4n) is 9.11. The molecule has 0 bridgehead atoms. The highest BCUT2D eigenvalue weighted by Crippen LogP contribution is 2.69. The largest absolute Gasteiger partial charge is 0.463 e. The maximum absolute atomic E-state index is 12.2. The topological polar surface area (TPSA) is 78.9 Å². The Morgan fingerprint density at radius 1 is 0.818 bits per heavy atom. The highest BCUT2D eigenvalue weighted by atomic mass is 16.6. The Morgan fingerprint density at radius 3 is 2.15 bits per heavy atom. The molecule has 4 fully saturated rings. The van der Waals surface area contributed by atoms with Crippen molar-refractivity contribution in [1.29, 1.82) is 0 Å². The molecule has 0 heterocycles. The van der Waals surface area contributed by atoms with E-state index < -0.39 is 11.7 Å². The SMILES string of the molecule is CC(=O)OC1CCC2(C)C3CCC4(C)C(CC[C@@]4(OC(C)=O)C(C)OC(C)=O)C3CC[C@@H]2C1. The van der Waals surface area contributed by atoms with Crippen LogP contribution in [0.5, 0.6) is 0 Å². The number of carbonyl (C=O) groups is 3. The van der Waals surface area contributed by atoms with Gasteiger partial charge in [-0.3, -0.25) is 14.4 Å². The van der Waals surface area contributed by atoms with Crippen LogP contribution in [0, 0.1) is 34.5 Å². The molecule has 9 atom stereocenters. The lowest BCUT2D eigenvalue weighted by molar-refractivity contribution is -0.219. The van der Waals surface area contributed by atoms with E-state index in [4.69, 9.17) is 14.2 Å². The van der Waals surface area contributed by atoms with Gasteiger partial charge < -0.3 is 14.2 Å². The fourth-order valence-corrected chi connectivity index (χ4v) is 9.11. The van der Waals surface area contributed by atoms with Crippen molar-refractivity contribution in [3.05, 3.63) is 0 Å². The summed E-state index contributed by atoms with van der Waals surface area (Å²) in [6.07, 6.45) is 8.85. The number of hydrogen-bond donors (Lipinski definition) is 0. The highest BCUT2D eigenvalue weighted by molar-refractivity contribution is 5.68. The molecule has 0 N–H and O–H groups in total. The van der Waals surface area contributed by atoms with E-state index in [1.54, 1.807) is 0 Å². The van der Waals surface area contributed by atoms with Crippen molar-refractivity contribution in [3.8, 4) is 0 Å². The van der Waals surface area contributed by atoms with Gasteiger partial charge in [0.1, 0.15) is 12.2 Å². The van der Waals surface area contributed by atoms with Crippen LogP contribution >= 0.6 is 0 Å². The number of ether oxygens (including phenoxy) is 3. The second-order valence-electron chi connectivity index (χ2n) is 11.9. The van der Waals surface area contributed by atoms with E-state index in [9.17, 15) is 14.4 Å². The third-order valence-corrected chi connectivity index (χ3v) is 10.5. The second kappa shape index (κ2) is 8.57. The van der Waals surface area contributed by atoms with Crippen LogP contribution in [0.15, 0.2) is 0 Å². The molecular formula is C27H42O6. The van der Waals surface area contributed by atoms with Gasteiger partial charge >= 0.3 is 17.9 Å². The molecule has 0 aliphatic heterocycles. The van der Waals surface area contributed by atoms with Crippen LogP contribution in [-0.4, -0.2) is 35.7 Å². The average molecular weight is 463 g/mol. The van der Waals surface area contributed by atoms with Gasteiger partial charge in [-0.2, -0.15) is 0 Å². The zero-order valence-corrected chi connectivity index (χ0v) is 21.3. The van der Waals surface area contributed by atoms with E-state index in [0.717, 1.165) is 44.9 Å². The first-order chi connectivity index (χ1) is 15.4. The molecule has 33 heavy (non-hydrogen) atoms. The van der Waals surface area contributed by atoms with Gasteiger partial charge in [0, 0.05) is 26.2 Å². The summed E-state index contributed by atoms with van der Waals surface area (Å²) in [6, 6.07) is 0. The molecule has 186 valence electrons. The van der Waals surface area contributed by atoms with E-state index in [1.807, 2.05) is 6.92 Å².